The Kier molecular flexibility index (Phi) is 6.44. The molecule has 0 radical (unpaired) electrons. The van der Waals surface area contributed by atoms with E-state index < -0.39 is 0 Å². The Bertz CT molecular complexity index is 993. The van der Waals surface area contributed by atoms with Crippen molar-refractivity contribution in [1.29, 1.82) is 5.41 Å². The van der Waals surface area contributed by atoms with Gasteiger partial charge in [-0.1, -0.05) is 36.4 Å². The highest BCUT2D eigenvalue weighted by Gasteiger charge is 2.18. The maximum Gasteiger partial charge on any atom is 0.215 e. The van der Waals surface area contributed by atoms with Crippen LogP contribution in [0.3, 0.4) is 0 Å². The summed E-state index contributed by atoms with van der Waals surface area (Å²) >= 11 is 0. The zero-order valence-corrected chi connectivity index (χ0v) is 17.3. The number of rotatable bonds is 8. The highest BCUT2D eigenvalue weighted by atomic mass is 16.5. The number of nitrogens with zero attached hydrogens (tertiary/aromatic N) is 3. The number of hydrogen-bond acceptors (Lipinski definition) is 6. The second kappa shape index (κ2) is 9.59. The van der Waals surface area contributed by atoms with Crippen LogP contribution < -0.4 is 15.4 Å². The molecule has 1 aliphatic rings. The number of piperazine rings is 1. The quantitative estimate of drug-likeness (QED) is 0.442. The van der Waals surface area contributed by atoms with E-state index >= 15 is 0 Å². The van der Waals surface area contributed by atoms with E-state index in [4.69, 9.17) is 15.9 Å². The van der Waals surface area contributed by atoms with Crippen LogP contribution in [0.4, 0.5) is 11.5 Å². The number of pyridine rings is 1. The minimum absolute atomic E-state index is 0.339. The van der Waals surface area contributed by atoms with Crippen LogP contribution in [0.5, 0.6) is 5.88 Å². The van der Waals surface area contributed by atoms with Gasteiger partial charge in [0.2, 0.25) is 5.88 Å². The van der Waals surface area contributed by atoms with Crippen molar-refractivity contribution in [2.45, 2.75) is 12.8 Å². The third kappa shape index (κ3) is 4.71. The molecule has 1 aromatic heterocycles. The number of unbranched alkanes of at least 4 members (excludes halogenated alkanes) is 1. The minimum Gasteiger partial charge on any atom is -0.478 e. The summed E-state index contributed by atoms with van der Waals surface area (Å²) in [7, 11) is 0. The van der Waals surface area contributed by atoms with Crippen molar-refractivity contribution >= 4 is 28.5 Å². The summed E-state index contributed by atoms with van der Waals surface area (Å²) in [6, 6.07) is 18.7. The van der Waals surface area contributed by atoms with Gasteiger partial charge in [0.15, 0.2) is 0 Å². The van der Waals surface area contributed by atoms with E-state index in [2.05, 4.69) is 57.2 Å². The standard InChI is InChI=1S/C24H29N5O/c25-18-20-10-11-23(27-24(20)26)30-17-4-3-12-28-13-15-29(16-14-28)22-9-5-7-19-6-1-2-8-21(19)22/h1-2,5-11,18,25H,3-4,12-17H2,(H2,26,27). The summed E-state index contributed by atoms with van der Waals surface area (Å²) in [4.78, 5) is 9.23. The van der Waals surface area contributed by atoms with E-state index in [0.717, 1.165) is 45.6 Å². The van der Waals surface area contributed by atoms with E-state index in [1.807, 2.05) is 0 Å². The first-order valence-corrected chi connectivity index (χ1v) is 10.6. The number of nitrogen functional groups attached to an aromatic ring is 1. The summed E-state index contributed by atoms with van der Waals surface area (Å²) in [6.45, 7) is 6.03. The molecule has 0 spiro atoms. The van der Waals surface area contributed by atoms with E-state index in [1.54, 1.807) is 12.1 Å². The Labute approximate surface area is 177 Å². The van der Waals surface area contributed by atoms with Crippen molar-refractivity contribution < 1.29 is 4.74 Å². The van der Waals surface area contributed by atoms with Gasteiger partial charge in [-0.2, -0.15) is 4.98 Å². The first-order chi connectivity index (χ1) is 14.7. The molecule has 6 heteroatoms. The van der Waals surface area contributed by atoms with Crippen molar-refractivity contribution in [2.24, 2.45) is 0 Å². The highest BCUT2D eigenvalue weighted by Crippen LogP contribution is 2.27. The van der Waals surface area contributed by atoms with Crippen molar-refractivity contribution in [3.05, 3.63) is 60.2 Å². The molecule has 0 saturated carbocycles. The van der Waals surface area contributed by atoms with Gasteiger partial charge in [0, 0.05) is 55.1 Å². The first kappa shape index (κ1) is 20.2. The molecule has 1 fully saturated rings. The van der Waals surface area contributed by atoms with E-state index in [0.29, 0.717) is 23.9 Å². The Morgan fingerprint density at radius 2 is 1.77 bits per heavy atom. The number of benzene rings is 2. The van der Waals surface area contributed by atoms with Crippen LogP contribution in [0.2, 0.25) is 0 Å². The molecule has 0 bridgehead atoms. The molecule has 0 atom stereocenters. The molecule has 0 unspecified atom stereocenters. The molecule has 2 heterocycles. The molecule has 1 aliphatic heterocycles. The first-order valence-electron chi connectivity index (χ1n) is 10.6. The van der Waals surface area contributed by atoms with Gasteiger partial charge in [-0.25, -0.2) is 0 Å². The molecule has 156 valence electrons. The fraction of sp³-hybridized carbons (Fsp3) is 0.333. The van der Waals surface area contributed by atoms with Crippen LogP contribution in [-0.2, 0) is 0 Å². The van der Waals surface area contributed by atoms with Gasteiger partial charge in [0.1, 0.15) is 5.82 Å². The second-order valence-corrected chi connectivity index (χ2v) is 7.65. The molecule has 3 aromatic rings. The highest BCUT2D eigenvalue weighted by molar-refractivity contribution is 5.94. The monoisotopic (exact) mass is 403 g/mol. The zero-order valence-electron chi connectivity index (χ0n) is 17.3. The third-order valence-electron chi connectivity index (χ3n) is 5.69. The number of aromatic nitrogens is 1. The average Bonchev–Trinajstić information content (AvgIpc) is 2.79. The Balaban J connectivity index is 1.19. The molecule has 30 heavy (non-hydrogen) atoms. The SMILES string of the molecule is N=Cc1ccc(OCCCCN2CCN(c3cccc4ccccc34)CC2)nc1N. The van der Waals surface area contributed by atoms with E-state index in [9.17, 15) is 0 Å². The Morgan fingerprint density at radius 3 is 2.57 bits per heavy atom. The normalized spacial score (nSPS) is 14.7. The fourth-order valence-electron chi connectivity index (χ4n) is 3.98. The summed E-state index contributed by atoms with van der Waals surface area (Å²) in [6.07, 6.45) is 3.28. The summed E-state index contributed by atoms with van der Waals surface area (Å²) in [5.41, 5.74) is 7.76. The van der Waals surface area contributed by atoms with E-state index in [-0.39, 0.29) is 0 Å². The van der Waals surface area contributed by atoms with Gasteiger partial charge in [-0.3, -0.25) is 4.90 Å². The van der Waals surface area contributed by atoms with Gasteiger partial charge in [0.25, 0.3) is 0 Å². The lowest BCUT2D eigenvalue weighted by Gasteiger charge is -2.36. The molecule has 6 nitrogen and oxygen atoms in total. The zero-order chi connectivity index (χ0) is 20.8. The second-order valence-electron chi connectivity index (χ2n) is 7.65. The number of anilines is 2. The molecule has 1 saturated heterocycles. The fourth-order valence-corrected chi connectivity index (χ4v) is 3.98. The van der Waals surface area contributed by atoms with Crippen molar-refractivity contribution in [1.82, 2.24) is 9.88 Å². The molecule has 4 rings (SSSR count). The summed E-state index contributed by atoms with van der Waals surface area (Å²) in [5, 5.41) is 9.90. The van der Waals surface area contributed by atoms with Crippen molar-refractivity contribution in [2.75, 3.05) is 50.0 Å². The summed E-state index contributed by atoms with van der Waals surface area (Å²) < 4.78 is 5.70. The van der Waals surface area contributed by atoms with Crippen LogP contribution in [-0.4, -0.2) is 55.4 Å². The van der Waals surface area contributed by atoms with Gasteiger partial charge >= 0.3 is 0 Å². The molecule has 2 aromatic carbocycles. The van der Waals surface area contributed by atoms with Gasteiger partial charge < -0.3 is 20.8 Å². The molecule has 3 N–H and O–H groups in total. The van der Waals surface area contributed by atoms with E-state index in [1.165, 1.54) is 22.7 Å². The third-order valence-corrected chi connectivity index (χ3v) is 5.69. The van der Waals surface area contributed by atoms with Gasteiger partial charge in [0.05, 0.1) is 6.61 Å². The number of nitrogens with two attached hydrogens (primary N) is 1. The van der Waals surface area contributed by atoms with Gasteiger partial charge in [-0.05, 0) is 36.9 Å². The predicted molar refractivity (Wildman–Crippen MR) is 124 cm³/mol. The van der Waals surface area contributed by atoms with Crippen LogP contribution in [0.1, 0.15) is 18.4 Å². The molecule has 0 amide bonds. The average molecular weight is 404 g/mol. The Hall–Kier alpha value is -3.12. The number of nitrogens with one attached hydrogen (secondary N) is 1. The smallest absolute Gasteiger partial charge is 0.215 e. The number of hydrogen-bond donors (Lipinski definition) is 2. The lowest BCUT2D eigenvalue weighted by Crippen LogP contribution is -2.46. The van der Waals surface area contributed by atoms with Gasteiger partial charge in [-0.15, -0.1) is 0 Å². The Morgan fingerprint density at radius 1 is 0.967 bits per heavy atom. The maximum atomic E-state index is 7.25. The minimum atomic E-state index is 0.339. The van der Waals surface area contributed by atoms with Crippen molar-refractivity contribution in [3.63, 3.8) is 0 Å². The predicted octanol–water partition coefficient (Wildman–Crippen LogP) is 3.80. The van der Waals surface area contributed by atoms with Crippen LogP contribution in [0.25, 0.3) is 10.8 Å². The summed E-state index contributed by atoms with van der Waals surface area (Å²) in [5.74, 6) is 0.869. The lowest BCUT2D eigenvalue weighted by atomic mass is 10.1. The van der Waals surface area contributed by atoms with Crippen molar-refractivity contribution in [3.8, 4) is 5.88 Å². The largest absolute Gasteiger partial charge is 0.478 e. The van der Waals surface area contributed by atoms with Crippen LogP contribution in [0.15, 0.2) is 54.6 Å². The molecule has 0 aliphatic carbocycles. The maximum absolute atomic E-state index is 7.25. The van der Waals surface area contributed by atoms with Crippen LogP contribution in [0, 0.1) is 5.41 Å². The topological polar surface area (TPSA) is 78.5 Å². The molecular weight excluding hydrogens is 374 g/mol. The van der Waals surface area contributed by atoms with Crippen LogP contribution >= 0.6 is 0 Å². The number of ether oxygens (including phenoxy) is 1. The lowest BCUT2D eigenvalue weighted by molar-refractivity contribution is 0.237. The number of fused-ring (bicyclic) bond motifs is 1. The molecular formula is C24H29N5O.